The number of alkyl halides is 3. The minimum atomic E-state index is -4.81. The van der Waals surface area contributed by atoms with Gasteiger partial charge in [0.05, 0.1) is 0 Å². The predicted molar refractivity (Wildman–Crippen MR) is 49.2 cm³/mol. The number of rotatable bonds is 2. The molecule has 2 N–H and O–H groups in total. The summed E-state index contributed by atoms with van der Waals surface area (Å²) in [6.45, 7) is 0.0760. The van der Waals surface area contributed by atoms with Crippen molar-refractivity contribution in [3.63, 3.8) is 0 Å². The van der Waals surface area contributed by atoms with Crippen molar-refractivity contribution in [3.8, 4) is 0 Å². The van der Waals surface area contributed by atoms with Crippen LogP contribution in [0, 0.1) is 5.92 Å². The fraction of sp³-hybridized carbons (Fsp3) is 0.778. The van der Waals surface area contributed by atoms with E-state index in [0.717, 1.165) is 4.90 Å². The quantitative estimate of drug-likeness (QED) is 0.768. The fourth-order valence-corrected chi connectivity index (χ4v) is 1.80. The average Bonchev–Trinajstić information content (AvgIpc) is 2.15. The summed E-state index contributed by atoms with van der Waals surface area (Å²) in [6, 6.07) is 0. The monoisotopic (exact) mass is 238 g/mol. The van der Waals surface area contributed by atoms with E-state index in [-0.39, 0.29) is 25.4 Å². The lowest BCUT2D eigenvalue weighted by Gasteiger charge is -2.31. The lowest BCUT2D eigenvalue weighted by Crippen LogP contribution is -2.45. The first-order valence-corrected chi connectivity index (χ1v) is 4.95. The van der Waals surface area contributed by atoms with E-state index in [0.29, 0.717) is 12.8 Å². The molecule has 1 heterocycles. The van der Waals surface area contributed by atoms with Crippen molar-refractivity contribution in [3.05, 3.63) is 0 Å². The molecule has 0 aromatic carbocycles. The zero-order valence-electron chi connectivity index (χ0n) is 8.59. The van der Waals surface area contributed by atoms with Crippen LogP contribution in [-0.2, 0) is 9.59 Å². The van der Waals surface area contributed by atoms with Gasteiger partial charge < -0.3 is 10.6 Å². The van der Waals surface area contributed by atoms with Gasteiger partial charge in [-0.05, 0) is 18.8 Å². The second-order valence-corrected chi connectivity index (χ2v) is 3.90. The Balaban J connectivity index is 2.43. The smallest absolute Gasteiger partial charge is 0.370 e. The summed E-state index contributed by atoms with van der Waals surface area (Å²) < 4.78 is 36.2. The maximum atomic E-state index is 12.1. The third kappa shape index (κ3) is 3.39. The van der Waals surface area contributed by atoms with Crippen molar-refractivity contribution >= 4 is 11.8 Å². The van der Waals surface area contributed by atoms with Crippen molar-refractivity contribution in [1.29, 1.82) is 0 Å². The number of carbonyl (C=O) groups excluding carboxylic acids is 2. The van der Waals surface area contributed by atoms with E-state index in [1.807, 2.05) is 0 Å². The maximum absolute atomic E-state index is 12.1. The Morgan fingerprint density at radius 1 is 1.25 bits per heavy atom. The molecule has 0 aromatic rings. The molecule has 0 saturated carbocycles. The molecule has 2 amide bonds. The fourth-order valence-electron chi connectivity index (χ4n) is 1.80. The predicted octanol–water partition coefficient (Wildman–Crippen LogP) is 0.663. The molecule has 1 aliphatic rings. The van der Waals surface area contributed by atoms with Gasteiger partial charge in [-0.3, -0.25) is 9.59 Å². The first-order chi connectivity index (χ1) is 7.30. The zero-order valence-corrected chi connectivity index (χ0v) is 8.59. The minimum Gasteiger partial charge on any atom is -0.370 e. The van der Waals surface area contributed by atoms with Gasteiger partial charge in [0.25, 0.3) is 0 Å². The van der Waals surface area contributed by atoms with Crippen LogP contribution in [0.3, 0.4) is 0 Å². The third-order valence-corrected chi connectivity index (χ3v) is 2.63. The molecule has 0 radical (unpaired) electrons. The molecule has 16 heavy (non-hydrogen) atoms. The molecular formula is C9H13F3N2O2. The highest BCUT2D eigenvalue weighted by Crippen LogP contribution is 2.25. The minimum absolute atomic E-state index is 0.00483. The first-order valence-electron chi connectivity index (χ1n) is 4.95. The standard InChI is InChI=1S/C9H13F3N2O2/c10-9(11,12)8(16)14-3-1-6(2-4-14)5-7(13)15/h6H,1-5H2,(H2,13,15). The Bertz CT molecular complexity index is 283. The van der Waals surface area contributed by atoms with E-state index in [4.69, 9.17) is 5.73 Å². The normalized spacial score (nSPS) is 18.6. The molecule has 0 atom stereocenters. The molecule has 1 rings (SSSR count). The zero-order chi connectivity index (χ0) is 12.3. The molecule has 92 valence electrons. The molecule has 1 aliphatic heterocycles. The summed E-state index contributed by atoms with van der Waals surface area (Å²) in [5.74, 6) is -2.26. The van der Waals surface area contributed by atoms with E-state index in [1.165, 1.54) is 0 Å². The number of primary amides is 1. The van der Waals surface area contributed by atoms with Gasteiger partial charge in [-0.15, -0.1) is 0 Å². The number of amides is 2. The van der Waals surface area contributed by atoms with E-state index in [2.05, 4.69) is 0 Å². The van der Waals surface area contributed by atoms with Crippen LogP contribution < -0.4 is 5.73 Å². The number of halogens is 3. The van der Waals surface area contributed by atoms with Crippen molar-refractivity contribution in [2.45, 2.75) is 25.4 Å². The van der Waals surface area contributed by atoms with Crippen LogP contribution in [0.4, 0.5) is 13.2 Å². The van der Waals surface area contributed by atoms with E-state index >= 15 is 0 Å². The highest BCUT2D eigenvalue weighted by molar-refractivity contribution is 5.82. The Labute approximate surface area is 90.6 Å². The van der Waals surface area contributed by atoms with Crippen LogP contribution in [0.2, 0.25) is 0 Å². The van der Waals surface area contributed by atoms with Crippen molar-refractivity contribution < 1.29 is 22.8 Å². The Morgan fingerprint density at radius 2 is 1.75 bits per heavy atom. The molecule has 0 aromatic heterocycles. The van der Waals surface area contributed by atoms with Crippen molar-refractivity contribution in [2.75, 3.05) is 13.1 Å². The molecule has 7 heteroatoms. The summed E-state index contributed by atoms with van der Waals surface area (Å²) in [5.41, 5.74) is 4.99. The van der Waals surface area contributed by atoms with E-state index in [1.54, 1.807) is 0 Å². The Morgan fingerprint density at radius 3 is 2.12 bits per heavy atom. The van der Waals surface area contributed by atoms with Crippen molar-refractivity contribution in [1.82, 2.24) is 4.90 Å². The Hall–Kier alpha value is -1.27. The van der Waals surface area contributed by atoms with Crippen LogP contribution in [0.15, 0.2) is 0 Å². The molecule has 0 spiro atoms. The van der Waals surface area contributed by atoms with Gasteiger partial charge in [0.15, 0.2) is 0 Å². The van der Waals surface area contributed by atoms with Crippen LogP contribution in [-0.4, -0.2) is 36.0 Å². The highest BCUT2D eigenvalue weighted by atomic mass is 19.4. The SMILES string of the molecule is NC(=O)CC1CCN(C(=O)C(F)(F)F)CC1. The third-order valence-electron chi connectivity index (χ3n) is 2.63. The number of likely N-dealkylation sites (tertiary alicyclic amines) is 1. The van der Waals surface area contributed by atoms with Crippen LogP contribution in [0.1, 0.15) is 19.3 Å². The van der Waals surface area contributed by atoms with Gasteiger partial charge in [-0.25, -0.2) is 0 Å². The molecule has 0 bridgehead atoms. The van der Waals surface area contributed by atoms with E-state index < -0.39 is 18.0 Å². The summed E-state index contributed by atoms with van der Waals surface area (Å²) >= 11 is 0. The molecule has 0 aliphatic carbocycles. The van der Waals surface area contributed by atoms with Crippen LogP contribution in [0.25, 0.3) is 0 Å². The second-order valence-electron chi connectivity index (χ2n) is 3.90. The number of hydrogen-bond donors (Lipinski definition) is 1. The second kappa shape index (κ2) is 4.71. The number of piperidine rings is 1. The van der Waals surface area contributed by atoms with Crippen LogP contribution >= 0.6 is 0 Å². The van der Waals surface area contributed by atoms with E-state index in [9.17, 15) is 22.8 Å². The molecule has 0 unspecified atom stereocenters. The van der Waals surface area contributed by atoms with Crippen molar-refractivity contribution in [2.24, 2.45) is 11.7 Å². The largest absolute Gasteiger partial charge is 0.471 e. The first kappa shape index (κ1) is 12.8. The lowest BCUT2D eigenvalue weighted by atomic mass is 9.93. The molecule has 1 fully saturated rings. The summed E-state index contributed by atoms with van der Waals surface area (Å²) in [5, 5.41) is 0. The van der Waals surface area contributed by atoms with Gasteiger partial charge in [-0.1, -0.05) is 0 Å². The number of nitrogens with zero attached hydrogens (tertiary/aromatic N) is 1. The molecule has 1 saturated heterocycles. The lowest BCUT2D eigenvalue weighted by molar-refractivity contribution is -0.186. The van der Waals surface area contributed by atoms with Gasteiger partial charge in [0.1, 0.15) is 0 Å². The Kier molecular flexibility index (Phi) is 3.77. The maximum Gasteiger partial charge on any atom is 0.471 e. The summed E-state index contributed by atoms with van der Waals surface area (Å²) in [7, 11) is 0. The van der Waals surface area contributed by atoms with Crippen LogP contribution in [0.5, 0.6) is 0 Å². The average molecular weight is 238 g/mol. The summed E-state index contributed by atoms with van der Waals surface area (Å²) in [6.07, 6.45) is -3.85. The molecular weight excluding hydrogens is 225 g/mol. The highest BCUT2D eigenvalue weighted by Gasteiger charge is 2.43. The number of nitrogens with two attached hydrogens (primary N) is 1. The molecule has 4 nitrogen and oxygen atoms in total. The number of carbonyl (C=O) groups is 2. The topological polar surface area (TPSA) is 63.4 Å². The van der Waals surface area contributed by atoms with Gasteiger partial charge in [-0.2, -0.15) is 13.2 Å². The van der Waals surface area contributed by atoms with Gasteiger partial charge in [0.2, 0.25) is 5.91 Å². The van der Waals surface area contributed by atoms with Gasteiger partial charge >= 0.3 is 12.1 Å². The van der Waals surface area contributed by atoms with Gasteiger partial charge in [0, 0.05) is 19.5 Å². The summed E-state index contributed by atoms with van der Waals surface area (Å²) in [4.78, 5) is 22.2. The number of hydrogen-bond acceptors (Lipinski definition) is 2.